The minimum Gasteiger partial charge on any atom is -0.0654 e. The fourth-order valence-corrected chi connectivity index (χ4v) is 3.67. The molecule has 0 aromatic rings. The lowest BCUT2D eigenvalue weighted by atomic mass is 9.95. The lowest BCUT2D eigenvalue weighted by Crippen LogP contribution is -1.95. The standard InChI is InChI=1S/C24H50/c1-5-7-8-9-10-11-12-14-18-21-24(4)22-19-16-13-15-17-20-23(3)6-2/h23-24H,5-22H2,1-4H3/t23-,24+/m1/s1. The highest BCUT2D eigenvalue weighted by Gasteiger charge is 2.03. The van der Waals surface area contributed by atoms with E-state index in [1.54, 1.807) is 0 Å². The summed E-state index contributed by atoms with van der Waals surface area (Å²) in [5, 5.41) is 0. The van der Waals surface area contributed by atoms with Crippen LogP contribution in [0.15, 0.2) is 0 Å². The molecule has 0 heteroatoms. The van der Waals surface area contributed by atoms with Gasteiger partial charge in [-0.2, -0.15) is 0 Å². The minimum absolute atomic E-state index is 0.946. The summed E-state index contributed by atoms with van der Waals surface area (Å²) in [4.78, 5) is 0. The van der Waals surface area contributed by atoms with Crippen LogP contribution in [0.2, 0.25) is 0 Å². The van der Waals surface area contributed by atoms with Gasteiger partial charge in [-0.3, -0.25) is 0 Å². The van der Waals surface area contributed by atoms with Gasteiger partial charge in [0.15, 0.2) is 0 Å². The first-order valence-electron chi connectivity index (χ1n) is 11.7. The Balaban J connectivity index is 3.17. The fraction of sp³-hybridized carbons (Fsp3) is 1.00. The van der Waals surface area contributed by atoms with Gasteiger partial charge in [0.1, 0.15) is 0 Å². The van der Waals surface area contributed by atoms with E-state index in [2.05, 4.69) is 27.7 Å². The number of rotatable bonds is 19. The molecule has 0 rings (SSSR count). The Morgan fingerprint density at radius 1 is 0.417 bits per heavy atom. The van der Waals surface area contributed by atoms with Gasteiger partial charge in [-0.15, -0.1) is 0 Å². The summed E-state index contributed by atoms with van der Waals surface area (Å²) in [6, 6.07) is 0. The number of unbranched alkanes of at least 4 members (excludes halogenated alkanes) is 12. The Kier molecular flexibility index (Phi) is 19.3. The molecule has 0 saturated carbocycles. The summed E-state index contributed by atoms with van der Waals surface area (Å²) in [6.07, 6.45) is 26.3. The third-order valence-corrected chi connectivity index (χ3v) is 5.89. The predicted molar refractivity (Wildman–Crippen MR) is 113 cm³/mol. The van der Waals surface area contributed by atoms with Crippen molar-refractivity contribution in [3.63, 3.8) is 0 Å². The number of hydrogen-bond acceptors (Lipinski definition) is 0. The lowest BCUT2D eigenvalue weighted by molar-refractivity contribution is 0.425. The molecule has 0 aliphatic carbocycles. The van der Waals surface area contributed by atoms with Gasteiger partial charge < -0.3 is 0 Å². The molecular formula is C24H50. The summed E-state index contributed by atoms with van der Waals surface area (Å²) in [7, 11) is 0. The van der Waals surface area contributed by atoms with Crippen LogP contribution in [0.1, 0.15) is 143 Å². The van der Waals surface area contributed by atoms with Crippen LogP contribution in [0.25, 0.3) is 0 Å². The predicted octanol–water partition coefficient (Wildman–Crippen LogP) is 9.32. The van der Waals surface area contributed by atoms with Gasteiger partial charge in [0.2, 0.25) is 0 Å². The van der Waals surface area contributed by atoms with Crippen molar-refractivity contribution >= 4 is 0 Å². The molecule has 0 amide bonds. The third-order valence-electron chi connectivity index (χ3n) is 5.89. The van der Waals surface area contributed by atoms with Crippen molar-refractivity contribution < 1.29 is 0 Å². The monoisotopic (exact) mass is 338 g/mol. The third kappa shape index (κ3) is 18.3. The van der Waals surface area contributed by atoms with Gasteiger partial charge in [-0.05, 0) is 11.8 Å². The lowest BCUT2D eigenvalue weighted by Gasteiger charge is -2.11. The van der Waals surface area contributed by atoms with Crippen molar-refractivity contribution in [2.24, 2.45) is 11.8 Å². The largest absolute Gasteiger partial charge is 0.0654 e. The van der Waals surface area contributed by atoms with Gasteiger partial charge in [0.25, 0.3) is 0 Å². The van der Waals surface area contributed by atoms with Gasteiger partial charge in [0, 0.05) is 0 Å². The maximum atomic E-state index is 2.48. The molecule has 2 atom stereocenters. The van der Waals surface area contributed by atoms with Gasteiger partial charge in [0.05, 0.1) is 0 Å². The average Bonchev–Trinajstić information content (AvgIpc) is 2.59. The van der Waals surface area contributed by atoms with Crippen LogP contribution in [0.4, 0.5) is 0 Å². The highest BCUT2D eigenvalue weighted by Crippen LogP contribution is 2.19. The Bertz CT molecular complexity index is 220. The molecule has 0 aliphatic rings. The summed E-state index contributed by atoms with van der Waals surface area (Å²) >= 11 is 0. The fourth-order valence-electron chi connectivity index (χ4n) is 3.67. The van der Waals surface area contributed by atoms with Gasteiger partial charge >= 0.3 is 0 Å². The van der Waals surface area contributed by atoms with E-state index < -0.39 is 0 Å². The molecule has 0 heterocycles. The van der Waals surface area contributed by atoms with Crippen LogP contribution in [-0.2, 0) is 0 Å². The molecule has 0 aromatic heterocycles. The molecule has 0 N–H and O–H groups in total. The van der Waals surface area contributed by atoms with Crippen LogP contribution in [-0.4, -0.2) is 0 Å². The molecule has 0 nitrogen and oxygen atoms in total. The van der Waals surface area contributed by atoms with Crippen molar-refractivity contribution in [1.82, 2.24) is 0 Å². The maximum absolute atomic E-state index is 2.48. The second kappa shape index (κ2) is 19.3. The van der Waals surface area contributed by atoms with Gasteiger partial charge in [-0.1, -0.05) is 143 Å². The summed E-state index contributed by atoms with van der Waals surface area (Å²) < 4.78 is 0. The molecule has 0 bridgehead atoms. The molecule has 0 fully saturated rings. The number of hydrogen-bond donors (Lipinski definition) is 0. The first kappa shape index (κ1) is 24.0. The molecule has 0 saturated heterocycles. The molecule has 0 radical (unpaired) electrons. The van der Waals surface area contributed by atoms with E-state index in [0.29, 0.717) is 0 Å². The van der Waals surface area contributed by atoms with E-state index in [4.69, 9.17) is 0 Å². The second-order valence-corrected chi connectivity index (χ2v) is 8.58. The van der Waals surface area contributed by atoms with Crippen LogP contribution in [0.5, 0.6) is 0 Å². The maximum Gasteiger partial charge on any atom is -0.0443 e. The van der Waals surface area contributed by atoms with Crippen LogP contribution < -0.4 is 0 Å². The van der Waals surface area contributed by atoms with Crippen LogP contribution in [0.3, 0.4) is 0 Å². The summed E-state index contributed by atoms with van der Waals surface area (Å²) in [5.74, 6) is 1.91. The molecule has 24 heavy (non-hydrogen) atoms. The minimum atomic E-state index is 0.946. The molecule has 0 aromatic carbocycles. The van der Waals surface area contributed by atoms with Crippen LogP contribution >= 0.6 is 0 Å². The zero-order chi connectivity index (χ0) is 17.9. The van der Waals surface area contributed by atoms with Crippen LogP contribution in [0, 0.1) is 11.8 Å². The van der Waals surface area contributed by atoms with E-state index in [0.717, 1.165) is 11.8 Å². The topological polar surface area (TPSA) is 0 Å². The van der Waals surface area contributed by atoms with E-state index in [9.17, 15) is 0 Å². The quantitative estimate of drug-likeness (QED) is 0.206. The first-order chi connectivity index (χ1) is 11.7. The smallest absolute Gasteiger partial charge is 0.0443 e. The molecular weight excluding hydrogens is 288 g/mol. The Morgan fingerprint density at radius 3 is 1.12 bits per heavy atom. The van der Waals surface area contributed by atoms with E-state index in [1.807, 2.05) is 0 Å². The Hall–Kier alpha value is 0. The summed E-state index contributed by atoms with van der Waals surface area (Å²) in [6.45, 7) is 9.50. The van der Waals surface area contributed by atoms with Crippen molar-refractivity contribution in [1.29, 1.82) is 0 Å². The van der Waals surface area contributed by atoms with Crippen molar-refractivity contribution in [2.45, 2.75) is 143 Å². The molecule has 0 aliphatic heterocycles. The molecule has 146 valence electrons. The molecule has 0 unspecified atom stereocenters. The van der Waals surface area contributed by atoms with E-state index in [1.165, 1.54) is 116 Å². The van der Waals surface area contributed by atoms with E-state index in [-0.39, 0.29) is 0 Å². The molecule has 0 spiro atoms. The van der Waals surface area contributed by atoms with Gasteiger partial charge in [-0.25, -0.2) is 0 Å². The Morgan fingerprint density at radius 2 is 0.750 bits per heavy atom. The zero-order valence-electron chi connectivity index (χ0n) is 17.9. The van der Waals surface area contributed by atoms with E-state index >= 15 is 0 Å². The first-order valence-corrected chi connectivity index (χ1v) is 11.7. The Labute approximate surface area is 155 Å². The average molecular weight is 339 g/mol. The van der Waals surface area contributed by atoms with Crippen molar-refractivity contribution in [3.05, 3.63) is 0 Å². The summed E-state index contributed by atoms with van der Waals surface area (Å²) in [5.41, 5.74) is 0. The van der Waals surface area contributed by atoms with Crippen molar-refractivity contribution in [3.8, 4) is 0 Å². The zero-order valence-corrected chi connectivity index (χ0v) is 17.9. The normalized spacial score (nSPS) is 14.0. The SMILES string of the molecule is CCCCCCCCCCC[C@H](C)CCCCCCC[C@H](C)CC. The highest BCUT2D eigenvalue weighted by molar-refractivity contribution is 4.56. The highest BCUT2D eigenvalue weighted by atomic mass is 14.1. The van der Waals surface area contributed by atoms with Crippen molar-refractivity contribution in [2.75, 3.05) is 0 Å². The second-order valence-electron chi connectivity index (χ2n) is 8.58.